The van der Waals surface area contributed by atoms with Crippen molar-refractivity contribution < 1.29 is 14.6 Å². The maximum atomic E-state index is 10.7. The molecule has 0 aliphatic carbocycles. The Bertz CT molecular complexity index is 604. The van der Waals surface area contributed by atoms with Gasteiger partial charge in [-0.2, -0.15) is 0 Å². The Morgan fingerprint density at radius 3 is 2.71 bits per heavy atom. The maximum absolute atomic E-state index is 10.7. The van der Waals surface area contributed by atoms with Crippen LogP contribution in [0.1, 0.15) is 16.8 Å². The van der Waals surface area contributed by atoms with Gasteiger partial charge in [0.1, 0.15) is 10.8 Å². The van der Waals surface area contributed by atoms with Gasteiger partial charge in [0.25, 0.3) is 0 Å². The van der Waals surface area contributed by atoms with E-state index in [0.29, 0.717) is 17.4 Å². The summed E-state index contributed by atoms with van der Waals surface area (Å²) in [4.78, 5) is 14.9. The van der Waals surface area contributed by atoms with E-state index in [1.807, 2.05) is 6.07 Å². The quantitative estimate of drug-likeness (QED) is 0.616. The number of ether oxygens (including phenoxy) is 1. The summed E-state index contributed by atoms with van der Waals surface area (Å²) in [5.74, 6) is 0.579. The number of aromatic nitrogens is 1. The first-order chi connectivity index (χ1) is 10.2. The zero-order valence-corrected chi connectivity index (χ0v) is 12.7. The minimum atomic E-state index is -0.940. The molecule has 2 rings (SSSR count). The predicted molar refractivity (Wildman–Crippen MR) is 83.5 cm³/mol. The van der Waals surface area contributed by atoms with Crippen LogP contribution in [0.5, 0.6) is 5.75 Å². The number of carbonyl (C=O) groups is 1. The fraction of sp³-hybridized carbons (Fsp3) is 0.200. The zero-order chi connectivity index (χ0) is 15.1. The molecule has 0 unspecified atom stereocenters. The van der Waals surface area contributed by atoms with Gasteiger partial charge >= 0.3 is 5.97 Å². The molecule has 6 heteroatoms. The lowest BCUT2D eigenvalue weighted by molar-refractivity contribution is 0.0697. The van der Waals surface area contributed by atoms with Crippen molar-refractivity contribution in [1.29, 1.82) is 0 Å². The molecule has 0 atom stereocenters. The molecule has 1 N–H and O–H groups in total. The van der Waals surface area contributed by atoms with E-state index in [-0.39, 0.29) is 5.56 Å². The summed E-state index contributed by atoms with van der Waals surface area (Å²) in [7, 11) is 0. The minimum absolute atomic E-state index is 0.252. The first-order valence-electron chi connectivity index (χ1n) is 6.36. The van der Waals surface area contributed by atoms with Gasteiger partial charge in [-0.3, -0.25) is 0 Å². The van der Waals surface area contributed by atoms with E-state index in [2.05, 4.69) is 4.98 Å². The van der Waals surface area contributed by atoms with Crippen molar-refractivity contribution in [1.82, 2.24) is 4.98 Å². The van der Waals surface area contributed by atoms with Gasteiger partial charge in [0.2, 0.25) is 0 Å². The standard InChI is InChI=1S/C15H14ClNO3S/c16-13-3-1-8-17-14(13)21-10-2-9-20-12-6-4-11(5-7-12)15(18)19/h1,3-8H,2,9-10H2,(H,18,19). The summed E-state index contributed by atoms with van der Waals surface area (Å²) in [6.45, 7) is 0.559. The largest absolute Gasteiger partial charge is 0.494 e. The van der Waals surface area contributed by atoms with Crippen LogP contribution in [0.3, 0.4) is 0 Å². The number of pyridine rings is 1. The third-order valence-corrected chi connectivity index (χ3v) is 4.13. The molecule has 4 nitrogen and oxygen atoms in total. The molecule has 2 aromatic rings. The van der Waals surface area contributed by atoms with Crippen LogP contribution in [0.15, 0.2) is 47.6 Å². The summed E-state index contributed by atoms with van der Waals surface area (Å²) in [5, 5.41) is 10.3. The van der Waals surface area contributed by atoms with Crippen LogP contribution < -0.4 is 4.74 Å². The molecule has 1 heterocycles. The first-order valence-corrected chi connectivity index (χ1v) is 7.72. The molecule has 1 aromatic carbocycles. The molecule has 0 saturated heterocycles. The SMILES string of the molecule is O=C(O)c1ccc(OCCCSc2ncccc2Cl)cc1. The molecule has 21 heavy (non-hydrogen) atoms. The van der Waals surface area contributed by atoms with Crippen LogP contribution in [0, 0.1) is 0 Å². The number of thioether (sulfide) groups is 1. The number of rotatable bonds is 7. The average Bonchev–Trinajstić information content (AvgIpc) is 2.49. The minimum Gasteiger partial charge on any atom is -0.494 e. The van der Waals surface area contributed by atoms with Gasteiger partial charge in [0.15, 0.2) is 0 Å². The number of aromatic carboxylic acids is 1. The molecule has 110 valence electrons. The van der Waals surface area contributed by atoms with Crippen LogP contribution in [0.4, 0.5) is 0 Å². The smallest absolute Gasteiger partial charge is 0.335 e. The van der Waals surface area contributed by atoms with Crippen molar-refractivity contribution in [3.05, 3.63) is 53.2 Å². The summed E-state index contributed by atoms with van der Waals surface area (Å²) < 4.78 is 5.55. The monoisotopic (exact) mass is 323 g/mol. The Morgan fingerprint density at radius 2 is 2.05 bits per heavy atom. The van der Waals surface area contributed by atoms with Gasteiger partial charge in [-0.15, -0.1) is 11.8 Å². The molecule has 0 aliphatic heterocycles. The van der Waals surface area contributed by atoms with Gasteiger partial charge < -0.3 is 9.84 Å². The number of benzene rings is 1. The Hall–Kier alpha value is -1.72. The lowest BCUT2D eigenvalue weighted by atomic mass is 10.2. The van der Waals surface area contributed by atoms with Crippen molar-refractivity contribution >= 4 is 29.3 Å². The van der Waals surface area contributed by atoms with Crippen LogP contribution in [0.25, 0.3) is 0 Å². The number of carboxylic acid groups (broad SMARTS) is 1. The second-order valence-electron chi connectivity index (χ2n) is 4.17. The summed E-state index contributed by atoms with van der Waals surface area (Å²) in [6, 6.07) is 9.99. The second-order valence-corrected chi connectivity index (χ2v) is 5.66. The fourth-order valence-corrected chi connectivity index (χ4v) is 2.67. The van der Waals surface area contributed by atoms with E-state index >= 15 is 0 Å². The van der Waals surface area contributed by atoms with Crippen molar-refractivity contribution in [3.8, 4) is 5.75 Å². The average molecular weight is 324 g/mol. The topological polar surface area (TPSA) is 59.4 Å². The highest BCUT2D eigenvalue weighted by Crippen LogP contribution is 2.24. The number of hydrogen-bond acceptors (Lipinski definition) is 4. The number of nitrogens with zero attached hydrogens (tertiary/aromatic N) is 1. The van der Waals surface area contributed by atoms with Crippen LogP contribution in [-0.4, -0.2) is 28.4 Å². The van der Waals surface area contributed by atoms with Gasteiger partial charge in [-0.05, 0) is 42.8 Å². The molecule has 0 radical (unpaired) electrons. The Balaban J connectivity index is 1.70. The number of halogens is 1. The summed E-state index contributed by atoms with van der Waals surface area (Å²) in [5.41, 5.74) is 0.252. The molecule has 0 fully saturated rings. The molecule has 0 amide bonds. The fourth-order valence-electron chi connectivity index (χ4n) is 1.59. The lowest BCUT2D eigenvalue weighted by Crippen LogP contribution is -2.00. The third kappa shape index (κ3) is 4.95. The highest BCUT2D eigenvalue weighted by atomic mass is 35.5. The van der Waals surface area contributed by atoms with Crippen molar-refractivity contribution in [2.45, 2.75) is 11.4 Å². The molecular weight excluding hydrogens is 310 g/mol. The Labute approximate surface area is 132 Å². The van der Waals surface area contributed by atoms with Gasteiger partial charge in [0, 0.05) is 11.9 Å². The number of carboxylic acids is 1. The zero-order valence-electron chi connectivity index (χ0n) is 11.2. The van der Waals surface area contributed by atoms with E-state index in [9.17, 15) is 4.79 Å². The first kappa shape index (κ1) is 15.7. The van der Waals surface area contributed by atoms with E-state index in [0.717, 1.165) is 17.2 Å². The normalized spacial score (nSPS) is 10.3. The van der Waals surface area contributed by atoms with Gasteiger partial charge in [0.05, 0.1) is 17.2 Å². The van der Waals surface area contributed by atoms with E-state index in [1.165, 1.54) is 12.1 Å². The van der Waals surface area contributed by atoms with Gasteiger partial charge in [-0.1, -0.05) is 11.6 Å². The van der Waals surface area contributed by atoms with E-state index < -0.39 is 5.97 Å². The molecule has 1 aromatic heterocycles. The third-order valence-electron chi connectivity index (χ3n) is 2.62. The lowest BCUT2D eigenvalue weighted by Gasteiger charge is -2.06. The molecule has 0 aliphatic rings. The maximum Gasteiger partial charge on any atom is 0.335 e. The van der Waals surface area contributed by atoms with E-state index in [4.69, 9.17) is 21.4 Å². The highest BCUT2D eigenvalue weighted by Gasteiger charge is 2.03. The van der Waals surface area contributed by atoms with Crippen LogP contribution in [-0.2, 0) is 0 Å². The van der Waals surface area contributed by atoms with Crippen molar-refractivity contribution in [2.75, 3.05) is 12.4 Å². The molecule has 0 saturated carbocycles. The van der Waals surface area contributed by atoms with Crippen LogP contribution in [0.2, 0.25) is 5.02 Å². The summed E-state index contributed by atoms with van der Waals surface area (Å²) in [6.07, 6.45) is 2.56. The molecule has 0 bridgehead atoms. The van der Waals surface area contributed by atoms with Crippen molar-refractivity contribution in [3.63, 3.8) is 0 Å². The number of hydrogen-bond donors (Lipinski definition) is 1. The van der Waals surface area contributed by atoms with Crippen LogP contribution >= 0.6 is 23.4 Å². The van der Waals surface area contributed by atoms with Crippen molar-refractivity contribution in [2.24, 2.45) is 0 Å². The highest BCUT2D eigenvalue weighted by molar-refractivity contribution is 7.99. The predicted octanol–water partition coefficient (Wildman–Crippen LogP) is 3.99. The Kier molecular flexibility index (Phi) is 5.90. The second kappa shape index (κ2) is 7.90. The van der Waals surface area contributed by atoms with Gasteiger partial charge in [-0.25, -0.2) is 9.78 Å². The Morgan fingerprint density at radius 1 is 1.29 bits per heavy atom. The molecular formula is C15H14ClNO3S. The molecule has 0 spiro atoms. The summed E-state index contributed by atoms with van der Waals surface area (Å²) >= 11 is 7.60. The van der Waals surface area contributed by atoms with E-state index in [1.54, 1.807) is 36.2 Å².